The van der Waals surface area contributed by atoms with Crippen LogP contribution in [0.4, 0.5) is 11.4 Å². The Morgan fingerprint density at radius 3 is 2.82 bits per heavy atom. The third kappa shape index (κ3) is 5.36. The third-order valence-electron chi connectivity index (χ3n) is 5.33. The molecule has 4 rings (SSSR count). The average Bonchev–Trinajstić information content (AvgIpc) is 3.31. The molecule has 1 aromatic carbocycles. The van der Waals surface area contributed by atoms with Crippen LogP contribution >= 0.6 is 47.9 Å². The highest BCUT2D eigenvalue weighted by atomic mass is 35.5. The van der Waals surface area contributed by atoms with E-state index < -0.39 is 0 Å². The highest BCUT2D eigenvalue weighted by Crippen LogP contribution is 2.37. The number of hydrogen-bond acceptors (Lipinski definition) is 5. The Hall–Kier alpha value is -0.920. The summed E-state index contributed by atoms with van der Waals surface area (Å²) in [4.78, 5) is 12.0. The predicted molar refractivity (Wildman–Crippen MR) is 129 cm³/mol. The number of anilines is 1. The summed E-state index contributed by atoms with van der Waals surface area (Å²) in [6.07, 6.45) is 3.95. The van der Waals surface area contributed by atoms with Crippen molar-refractivity contribution in [3.05, 3.63) is 40.6 Å². The number of thioether (sulfide) groups is 1. The van der Waals surface area contributed by atoms with Crippen molar-refractivity contribution in [2.75, 3.05) is 37.3 Å². The number of fused-ring (bicyclic) bond motifs is 1. The molecular formula is C20H28Cl2N4S2. The summed E-state index contributed by atoms with van der Waals surface area (Å²) in [5.41, 5.74) is 8.44. The molecule has 2 N–H and O–H groups in total. The van der Waals surface area contributed by atoms with Crippen molar-refractivity contribution >= 4 is 65.1 Å². The van der Waals surface area contributed by atoms with Crippen LogP contribution in [0.5, 0.6) is 0 Å². The van der Waals surface area contributed by atoms with Gasteiger partial charge in [-0.25, -0.2) is 4.99 Å². The van der Waals surface area contributed by atoms with Gasteiger partial charge < -0.3 is 15.5 Å². The van der Waals surface area contributed by atoms with E-state index in [0.717, 1.165) is 35.4 Å². The molecule has 4 nitrogen and oxygen atoms in total. The Labute approximate surface area is 188 Å². The van der Waals surface area contributed by atoms with E-state index in [0.29, 0.717) is 5.84 Å². The van der Waals surface area contributed by atoms with Gasteiger partial charge in [-0.2, -0.15) is 0 Å². The van der Waals surface area contributed by atoms with Crippen LogP contribution in [-0.2, 0) is 0 Å². The van der Waals surface area contributed by atoms with Gasteiger partial charge >= 0.3 is 0 Å². The van der Waals surface area contributed by atoms with Gasteiger partial charge in [-0.1, -0.05) is 6.07 Å². The number of halogens is 2. The second-order valence-corrected chi connectivity index (χ2v) is 9.11. The molecule has 2 aliphatic heterocycles. The number of rotatable bonds is 5. The monoisotopic (exact) mass is 458 g/mol. The van der Waals surface area contributed by atoms with Crippen molar-refractivity contribution in [2.45, 2.75) is 30.2 Å². The number of nitrogens with two attached hydrogens (primary N) is 1. The predicted octanol–water partition coefficient (Wildman–Crippen LogP) is 5.03. The van der Waals surface area contributed by atoms with Crippen LogP contribution in [0.25, 0.3) is 0 Å². The molecule has 1 saturated heterocycles. The number of aliphatic imine (C=N–C) groups is 1. The van der Waals surface area contributed by atoms with Gasteiger partial charge in [0, 0.05) is 29.8 Å². The normalized spacial score (nSPS) is 19.7. The van der Waals surface area contributed by atoms with Gasteiger partial charge in [0.15, 0.2) is 0 Å². The summed E-state index contributed by atoms with van der Waals surface area (Å²) in [5.74, 6) is 1.74. The summed E-state index contributed by atoms with van der Waals surface area (Å²) in [7, 11) is 2.26. The summed E-state index contributed by atoms with van der Waals surface area (Å²) >= 11 is 3.56. The topological polar surface area (TPSA) is 44.9 Å². The summed E-state index contributed by atoms with van der Waals surface area (Å²) in [5, 5.41) is 2.03. The molecule has 3 heterocycles. The van der Waals surface area contributed by atoms with Crippen LogP contribution in [-0.4, -0.2) is 49.2 Å². The number of amidine groups is 1. The van der Waals surface area contributed by atoms with E-state index in [1.165, 1.54) is 36.4 Å². The Kier molecular flexibility index (Phi) is 8.96. The zero-order chi connectivity index (χ0) is 17.9. The maximum absolute atomic E-state index is 6.14. The van der Waals surface area contributed by atoms with Crippen molar-refractivity contribution in [2.24, 2.45) is 10.7 Å². The number of hydrogen-bond donors (Lipinski definition) is 1. The van der Waals surface area contributed by atoms with Crippen LogP contribution in [0.15, 0.2) is 45.6 Å². The van der Waals surface area contributed by atoms with E-state index in [9.17, 15) is 0 Å². The van der Waals surface area contributed by atoms with Gasteiger partial charge in [0.05, 0.1) is 16.3 Å². The lowest BCUT2D eigenvalue weighted by molar-refractivity contribution is 0.298. The number of nitrogens with zero attached hydrogens (tertiary/aromatic N) is 3. The average molecular weight is 460 g/mol. The summed E-state index contributed by atoms with van der Waals surface area (Å²) < 4.78 is 0. The zero-order valence-electron chi connectivity index (χ0n) is 16.0. The molecule has 0 bridgehead atoms. The van der Waals surface area contributed by atoms with E-state index in [4.69, 9.17) is 5.73 Å². The molecule has 1 fully saturated rings. The smallest absolute Gasteiger partial charge is 0.141 e. The summed E-state index contributed by atoms with van der Waals surface area (Å²) in [6.45, 7) is 3.53. The number of likely N-dealkylation sites (tertiary alicyclic amines) is 1. The van der Waals surface area contributed by atoms with Gasteiger partial charge in [-0.15, -0.1) is 47.9 Å². The first kappa shape index (κ1) is 23.4. The maximum Gasteiger partial charge on any atom is 0.141 e. The molecule has 1 atom stereocenters. The lowest BCUT2D eigenvalue weighted by atomic mass is 10.1. The van der Waals surface area contributed by atoms with Crippen LogP contribution in [0, 0.1) is 0 Å². The third-order valence-corrected chi connectivity index (χ3v) is 7.25. The molecule has 0 spiro atoms. The molecule has 1 aromatic heterocycles. The highest BCUT2D eigenvalue weighted by molar-refractivity contribution is 7.99. The molecule has 154 valence electrons. The van der Waals surface area contributed by atoms with E-state index in [2.05, 4.69) is 40.0 Å². The fraction of sp³-hybridized carbons (Fsp3) is 0.450. The first-order valence-electron chi connectivity index (χ1n) is 9.31. The first-order chi connectivity index (χ1) is 12.7. The minimum Gasteiger partial charge on any atom is -0.383 e. The highest BCUT2D eigenvalue weighted by Gasteiger charge is 2.23. The molecule has 1 unspecified atom stereocenters. The molecule has 0 amide bonds. The van der Waals surface area contributed by atoms with E-state index in [1.54, 1.807) is 11.3 Å². The van der Waals surface area contributed by atoms with Crippen LogP contribution < -0.4 is 10.6 Å². The molecule has 2 aromatic rings. The Morgan fingerprint density at radius 2 is 2.11 bits per heavy atom. The largest absolute Gasteiger partial charge is 0.383 e. The molecule has 0 aliphatic carbocycles. The van der Waals surface area contributed by atoms with Crippen molar-refractivity contribution in [3.63, 3.8) is 0 Å². The quantitative estimate of drug-likeness (QED) is 0.504. The lowest BCUT2D eigenvalue weighted by Crippen LogP contribution is -2.34. The van der Waals surface area contributed by atoms with Crippen molar-refractivity contribution < 1.29 is 0 Å². The van der Waals surface area contributed by atoms with Gasteiger partial charge in [0.25, 0.3) is 0 Å². The Balaban J connectivity index is 0.00000140. The fourth-order valence-electron chi connectivity index (χ4n) is 3.84. The first-order valence-corrected chi connectivity index (χ1v) is 11.2. The van der Waals surface area contributed by atoms with Gasteiger partial charge in [-0.05, 0) is 62.5 Å². The molecule has 8 heteroatoms. The van der Waals surface area contributed by atoms with Gasteiger partial charge in [-0.3, -0.25) is 0 Å². The lowest BCUT2D eigenvalue weighted by Gasteiger charge is -2.32. The van der Waals surface area contributed by atoms with E-state index in [-0.39, 0.29) is 24.8 Å². The maximum atomic E-state index is 6.14. The van der Waals surface area contributed by atoms with Gasteiger partial charge in [0.1, 0.15) is 5.84 Å². The molecule has 0 saturated carbocycles. The van der Waals surface area contributed by atoms with Crippen molar-refractivity contribution in [1.82, 2.24) is 4.90 Å². The molecular weight excluding hydrogens is 431 g/mol. The zero-order valence-corrected chi connectivity index (χ0v) is 19.3. The second kappa shape index (κ2) is 10.7. The Bertz CT molecular complexity index is 783. The summed E-state index contributed by atoms with van der Waals surface area (Å²) in [6, 6.07) is 11.3. The van der Waals surface area contributed by atoms with Crippen LogP contribution in [0.1, 0.15) is 24.1 Å². The minimum absolute atomic E-state index is 0. The van der Waals surface area contributed by atoms with E-state index >= 15 is 0 Å². The van der Waals surface area contributed by atoms with Crippen molar-refractivity contribution in [1.29, 1.82) is 0 Å². The number of benzene rings is 1. The number of thiophene rings is 1. The standard InChI is InChI=1S/C20H26N4S2.2ClH/c1-23-9-2-4-16(23)8-10-24-11-13-26-19-14-15(6-7-17(19)24)22-20(21)18-5-3-12-25-18;;/h3,5-7,12,14,16H,2,4,8-11,13H2,1H3,(H2,21,22);2*1H. The fourth-order valence-corrected chi connectivity index (χ4v) is 5.54. The molecule has 2 aliphatic rings. The Morgan fingerprint density at radius 1 is 1.25 bits per heavy atom. The van der Waals surface area contributed by atoms with Crippen LogP contribution in [0.2, 0.25) is 0 Å². The SMILES string of the molecule is CN1CCCC1CCN1CCSc2cc(N=C(N)c3cccs3)ccc21.Cl.Cl. The molecule has 28 heavy (non-hydrogen) atoms. The molecule has 0 radical (unpaired) electrons. The van der Waals surface area contributed by atoms with Crippen molar-refractivity contribution in [3.8, 4) is 0 Å². The minimum atomic E-state index is 0. The van der Waals surface area contributed by atoms with E-state index in [1.807, 2.05) is 29.3 Å². The van der Waals surface area contributed by atoms with Crippen LogP contribution in [0.3, 0.4) is 0 Å². The second-order valence-electron chi connectivity index (χ2n) is 7.03. The van der Waals surface area contributed by atoms with Gasteiger partial charge in [0.2, 0.25) is 0 Å².